The first-order valence-electron chi connectivity index (χ1n) is 5.73. The topological polar surface area (TPSA) is 49.3 Å². The van der Waals surface area contributed by atoms with Crippen LogP contribution in [-0.4, -0.2) is 17.1 Å². The molecule has 3 nitrogen and oxygen atoms in total. The molecule has 4 heteroatoms. The monoisotopic (exact) mass is 299 g/mol. The second-order valence-corrected chi connectivity index (χ2v) is 5.10. The molecule has 0 spiro atoms. The Morgan fingerprint density at radius 3 is 2.65 bits per heavy atom. The third kappa shape index (κ3) is 4.88. The number of carboxylic acid groups (broad SMARTS) is 1. The van der Waals surface area contributed by atoms with Gasteiger partial charge in [0.1, 0.15) is 0 Å². The lowest BCUT2D eigenvalue weighted by Gasteiger charge is -2.20. The molecule has 0 saturated heterocycles. The molecule has 0 saturated carbocycles. The number of hydrogen-bond donors (Lipinski definition) is 2. The zero-order chi connectivity index (χ0) is 12.8. The van der Waals surface area contributed by atoms with E-state index >= 15 is 0 Å². The summed E-state index contributed by atoms with van der Waals surface area (Å²) in [6.07, 6.45) is 0.848. The molecule has 0 aliphatic carbocycles. The van der Waals surface area contributed by atoms with Gasteiger partial charge in [-0.15, -0.1) is 0 Å². The summed E-state index contributed by atoms with van der Waals surface area (Å²) in [6, 6.07) is 8.44. The lowest BCUT2D eigenvalue weighted by atomic mass is 10.1. The SMILES string of the molecule is CC(CCC(=O)O)N[C@H](C)c1ccccc1Br. The number of rotatable bonds is 6. The average Bonchev–Trinajstić information content (AvgIpc) is 2.26. The third-order valence-corrected chi connectivity index (χ3v) is 3.42. The van der Waals surface area contributed by atoms with Crippen molar-refractivity contribution in [2.45, 2.75) is 38.8 Å². The number of aliphatic carboxylic acids is 1. The molecular weight excluding hydrogens is 282 g/mol. The van der Waals surface area contributed by atoms with Crippen LogP contribution < -0.4 is 5.32 Å². The van der Waals surface area contributed by atoms with Crippen LogP contribution in [0.25, 0.3) is 0 Å². The number of halogens is 1. The molecule has 1 aromatic carbocycles. The van der Waals surface area contributed by atoms with Gasteiger partial charge in [0, 0.05) is 23.0 Å². The van der Waals surface area contributed by atoms with Crippen molar-refractivity contribution in [2.75, 3.05) is 0 Å². The van der Waals surface area contributed by atoms with Gasteiger partial charge in [-0.25, -0.2) is 0 Å². The summed E-state index contributed by atoms with van der Waals surface area (Å²) < 4.78 is 1.07. The predicted molar refractivity (Wildman–Crippen MR) is 72.0 cm³/mol. The first-order chi connectivity index (χ1) is 8.00. The van der Waals surface area contributed by atoms with Crippen LogP contribution in [0, 0.1) is 0 Å². The highest BCUT2D eigenvalue weighted by molar-refractivity contribution is 9.10. The molecule has 0 bridgehead atoms. The van der Waals surface area contributed by atoms with Crippen LogP contribution in [-0.2, 0) is 4.79 Å². The lowest BCUT2D eigenvalue weighted by molar-refractivity contribution is -0.137. The molecule has 0 fully saturated rings. The number of hydrogen-bond acceptors (Lipinski definition) is 2. The van der Waals surface area contributed by atoms with Crippen molar-refractivity contribution in [2.24, 2.45) is 0 Å². The molecule has 94 valence electrons. The van der Waals surface area contributed by atoms with E-state index in [1.807, 2.05) is 25.1 Å². The molecule has 0 aromatic heterocycles. The van der Waals surface area contributed by atoms with Crippen LogP contribution >= 0.6 is 15.9 Å². The molecule has 0 aliphatic heterocycles. The van der Waals surface area contributed by atoms with Gasteiger partial charge in [0.05, 0.1) is 0 Å². The first kappa shape index (κ1) is 14.2. The van der Waals surface area contributed by atoms with E-state index in [0.717, 1.165) is 4.47 Å². The van der Waals surface area contributed by atoms with Crippen LogP contribution in [0.1, 0.15) is 38.3 Å². The minimum absolute atomic E-state index is 0.188. The normalized spacial score (nSPS) is 14.3. The third-order valence-electron chi connectivity index (χ3n) is 2.70. The molecule has 0 heterocycles. The van der Waals surface area contributed by atoms with Crippen molar-refractivity contribution in [1.29, 1.82) is 0 Å². The fraction of sp³-hybridized carbons (Fsp3) is 0.462. The minimum atomic E-state index is -0.743. The summed E-state index contributed by atoms with van der Waals surface area (Å²) in [6.45, 7) is 4.09. The van der Waals surface area contributed by atoms with E-state index in [9.17, 15) is 4.79 Å². The van der Waals surface area contributed by atoms with Gasteiger partial charge in [0.25, 0.3) is 0 Å². The van der Waals surface area contributed by atoms with Gasteiger partial charge in [-0.05, 0) is 31.9 Å². The Balaban J connectivity index is 2.51. The Hall–Kier alpha value is -0.870. The predicted octanol–water partition coefficient (Wildman–Crippen LogP) is 3.35. The van der Waals surface area contributed by atoms with Gasteiger partial charge in [-0.2, -0.15) is 0 Å². The van der Waals surface area contributed by atoms with Crippen molar-refractivity contribution in [1.82, 2.24) is 5.32 Å². The summed E-state index contributed by atoms with van der Waals surface area (Å²) in [7, 11) is 0. The zero-order valence-corrected chi connectivity index (χ0v) is 11.7. The lowest BCUT2D eigenvalue weighted by Crippen LogP contribution is -2.29. The second kappa shape index (κ2) is 6.77. The van der Waals surface area contributed by atoms with Crippen molar-refractivity contribution < 1.29 is 9.90 Å². The minimum Gasteiger partial charge on any atom is -0.481 e. The maximum Gasteiger partial charge on any atom is 0.303 e. The molecule has 0 radical (unpaired) electrons. The highest BCUT2D eigenvalue weighted by Gasteiger charge is 2.12. The summed E-state index contributed by atoms with van der Waals surface area (Å²) >= 11 is 3.51. The standard InChI is InChI=1S/C13H18BrNO2/c1-9(7-8-13(16)17)15-10(2)11-5-3-4-6-12(11)14/h3-6,9-10,15H,7-8H2,1-2H3,(H,16,17)/t9?,10-/m1/s1. The van der Waals surface area contributed by atoms with E-state index in [0.29, 0.717) is 6.42 Å². The van der Waals surface area contributed by atoms with Crippen molar-refractivity contribution in [3.8, 4) is 0 Å². The van der Waals surface area contributed by atoms with E-state index in [1.54, 1.807) is 0 Å². The van der Waals surface area contributed by atoms with Crippen molar-refractivity contribution >= 4 is 21.9 Å². The first-order valence-corrected chi connectivity index (χ1v) is 6.52. The molecule has 2 N–H and O–H groups in total. The highest BCUT2D eigenvalue weighted by atomic mass is 79.9. The quantitative estimate of drug-likeness (QED) is 0.847. The molecule has 1 rings (SSSR count). The molecular formula is C13H18BrNO2. The Morgan fingerprint density at radius 2 is 2.06 bits per heavy atom. The van der Waals surface area contributed by atoms with Crippen LogP contribution in [0.4, 0.5) is 0 Å². The fourth-order valence-electron chi connectivity index (χ4n) is 1.77. The summed E-state index contributed by atoms with van der Waals surface area (Å²) in [4.78, 5) is 10.5. The molecule has 1 unspecified atom stereocenters. The largest absolute Gasteiger partial charge is 0.481 e. The molecule has 0 aliphatic rings. The summed E-state index contributed by atoms with van der Waals surface area (Å²) in [5.74, 6) is -0.743. The van der Waals surface area contributed by atoms with Crippen LogP contribution in [0.15, 0.2) is 28.7 Å². The summed E-state index contributed by atoms with van der Waals surface area (Å²) in [5, 5.41) is 12.0. The van der Waals surface area contributed by atoms with E-state index in [-0.39, 0.29) is 18.5 Å². The van der Waals surface area contributed by atoms with Crippen molar-refractivity contribution in [3.63, 3.8) is 0 Å². The molecule has 2 atom stereocenters. The highest BCUT2D eigenvalue weighted by Crippen LogP contribution is 2.23. The smallest absolute Gasteiger partial charge is 0.303 e. The van der Waals surface area contributed by atoms with Gasteiger partial charge >= 0.3 is 5.97 Å². The Bertz CT molecular complexity index is 381. The van der Waals surface area contributed by atoms with Gasteiger partial charge < -0.3 is 10.4 Å². The molecule has 17 heavy (non-hydrogen) atoms. The van der Waals surface area contributed by atoms with Gasteiger partial charge in [0.15, 0.2) is 0 Å². The van der Waals surface area contributed by atoms with Crippen LogP contribution in [0.2, 0.25) is 0 Å². The number of carboxylic acids is 1. The Labute approximate surface area is 110 Å². The number of carbonyl (C=O) groups is 1. The van der Waals surface area contributed by atoms with Crippen LogP contribution in [0.3, 0.4) is 0 Å². The van der Waals surface area contributed by atoms with Gasteiger partial charge in [-0.3, -0.25) is 4.79 Å². The van der Waals surface area contributed by atoms with Gasteiger partial charge in [-0.1, -0.05) is 34.1 Å². The van der Waals surface area contributed by atoms with Crippen molar-refractivity contribution in [3.05, 3.63) is 34.3 Å². The van der Waals surface area contributed by atoms with E-state index in [4.69, 9.17) is 5.11 Å². The number of benzene rings is 1. The fourth-order valence-corrected chi connectivity index (χ4v) is 2.39. The summed E-state index contributed by atoms with van der Waals surface area (Å²) in [5.41, 5.74) is 1.19. The molecule has 1 aromatic rings. The van der Waals surface area contributed by atoms with Crippen LogP contribution in [0.5, 0.6) is 0 Å². The van der Waals surface area contributed by atoms with E-state index in [2.05, 4.69) is 34.2 Å². The Morgan fingerprint density at radius 1 is 1.41 bits per heavy atom. The van der Waals surface area contributed by atoms with Gasteiger partial charge in [0.2, 0.25) is 0 Å². The average molecular weight is 300 g/mol. The van der Waals surface area contributed by atoms with E-state index < -0.39 is 5.97 Å². The Kier molecular flexibility index (Phi) is 5.65. The molecule has 0 amide bonds. The zero-order valence-electron chi connectivity index (χ0n) is 10.1. The second-order valence-electron chi connectivity index (χ2n) is 4.24. The maximum absolute atomic E-state index is 10.5. The number of nitrogens with one attached hydrogen (secondary N) is 1. The maximum atomic E-state index is 10.5. The van der Waals surface area contributed by atoms with E-state index in [1.165, 1.54) is 5.56 Å².